The van der Waals surface area contributed by atoms with Crippen molar-refractivity contribution in [2.24, 2.45) is 5.92 Å². The summed E-state index contributed by atoms with van der Waals surface area (Å²) in [4.78, 5) is 25.7. The number of rotatable bonds is 4. The van der Waals surface area contributed by atoms with E-state index in [2.05, 4.69) is 11.4 Å². The van der Waals surface area contributed by atoms with E-state index in [-0.39, 0.29) is 17.7 Å². The fourth-order valence-corrected chi connectivity index (χ4v) is 2.64. The normalized spacial score (nSPS) is 14.0. The number of carbonyl (C=O) groups is 2. The number of nitrogens with one attached hydrogen (secondary N) is 1. The van der Waals surface area contributed by atoms with Gasteiger partial charge in [-0.1, -0.05) is 26.8 Å². The monoisotopic (exact) mass is 288 g/mol. The number of amides is 2. The van der Waals surface area contributed by atoms with Crippen LogP contribution in [0, 0.1) is 5.92 Å². The van der Waals surface area contributed by atoms with Crippen molar-refractivity contribution in [2.75, 3.05) is 11.9 Å². The molecule has 4 heteroatoms. The summed E-state index contributed by atoms with van der Waals surface area (Å²) in [6, 6.07) is 6.02. The number of carbonyl (C=O) groups excluding carboxylic acids is 2. The quantitative estimate of drug-likeness (QED) is 0.926. The van der Waals surface area contributed by atoms with Gasteiger partial charge in [0.15, 0.2) is 0 Å². The molecular weight excluding hydrogens is 264 g/mol. The lowest BCUT2D eigenvalue weighted by Gasteiger charge is -2.30. The Bertz CT molecular complexity index is 538. The van der Waals surface area contributed by atoms with Crippen molar-refractivity contribution >= 4 is 17.5 Å². The van der Waals surface area contributed by atoms with Gasteiger partial charge in [0.05, 0.1) is 0 Å². The molecule has 2 rings (SSSR count). The Morgan fingerprint density at radius 1 is 1.29 bits per heavy atom. The van der Waals surface area contributed by atoms with E-state index in [1.807, 2.05) is 37.8 Å². The van der Waals surface area contributed by atoms with Gasteiger partial charge in [0.2, 0.25) is 11.8 Å². The molecule has 0 aromatic heterocycles. The van der Waals surface area contributed by atoms with Gasteiger partial charge in [-0.05, 0) is 36.1 Å². The number of anilines is 1. The van der Waals surface area contributed by atoms with Crippen LogP contribution in [0.5, 0.6) is 0 Å². The largest absolute Gasteiger partial charge is 0.338 e. The minimum Gasteiger partial charge on any atom is -0.338 e. The topological polar surface area (TPSA) is 49.4 Å². The highest BCUT2D eigenvalue weighted by atomic mass is 16.2. The van der Waals surface area contributed by atoms with Gasteiger partial charge in [0, 0.05) is 31.1 Å². The summed E-state index contributed by atoms with van der Waals surface area (Å²) in [7, 11) is 0. The van der Waals surface area contributed by atoms with Crippen molar-refractivity contribution < 1.29 is 9.59 Å². The first kappa shape index (κ1) is 15.5. The van der Waals surface area contributed by atoms with Crippen LogP contribution in [0.3, 0.4) is 0 Å². The molecule has 0 bridgehead atoms. The molecule has 0 unspecified atom stereocenters. The maximum atomic E-state index is 12.1. The van der Waals surface area contributed by atoms with E-state index >= 15 is 0 Å². The maximum Gasteiger partial charge on any atom is 0.225 e. The summed E-state index contributed by atoms with van der Waals surface area (Å²) in [6.07, 6.45) is 2.26. The summed E-state index contributed by atoms with van der Waals surface area (Å²) in [5, 5.41) is 2.92. The van der Waals surface area contributed by atoms with Crippen molar-refractivity contribution in [3.05, 3.63) is 29.3 Å². The molecule has 0 aliphatic carbocycles. The lowest BCUT2D eigenvalue weighted by Crippen LogP contribution is -2.38. The Kier molecular flexibility index (Phi) is 4.99. The number of hydrogen-bond donors (Lipinski definition) is 1. The second kappa shape index (κ2) is 6.74. The van der Waals surface area contributed by atoms with Gasteiger partial charge in [-0.2, -0.15) is 0 Å². The van der Waals surface area contributed by atoms with Gasteiger partial charge in [-0.15, -0.1) is 0 Å². The van der Waals surface area contributed by atoms with Crippen molar-refractivity contribution in [1.29, 1.82) is 0 Å². The molecule has 1 heterocycles. The molecule has 0 fully saturated rings. The smallest absolute Gasteiger partial charge is 0.225 e. The summed E-state index contributed by atoms with van der Waals surface area (Å²) in [5.41, 5.74) is 3.24. The summed E-state index contributed by atoms with van der Waals surface area (Å²) < 4.78 is 0. The Morgan fingerprint density at radius 3 is 2.71 bits per heavy atom. The summed E-state index contributed by atoms with van der Waals surface area (Å²) in [6.45, 7) is 7.27. The van der Waals surface area contributed by atoms with Crippen molar-refractivity contribution in [3.63, 3.8) is 0 Å². The van der Waals surface area contributed by atoms with Crippen LogP contribution >= 0.6 is 0 Å². The molecule has 1 aromatic rings. The standard InChI is InChI=1S/C17H24N2O2/c1-4-5-16(20)18-15-7-6-13-8-9-19(11-14(13)10-15)17(21)12(2)3/h6-7,10,12H,4-5,8-9,11H2,1-3H3,(H,18,20). The average Bonchev–Trinajstić information content (AvgIpc) is 2.45. The predicted molar refractivity (Wildman–Crippen MR) is 83.9 cm³/mol. The fraction of sp³-hybridized carbons (Fsp3) is 0.529. The van der Waals surface area contributed by atoms with E-state index in [4.69, 9.17) is 0 Å². The molecule has 0 saturated heterocycles. The third-order valence-corrected chi connectivity index (χ3v) is 3.78. The zero-order valence-corrected chi connectivity index (χ0v) is 13.1. The third-order valence-electron chi connectivity index (χ3n) is 3.78. The van der Waals surface area contributed by atoms with Gasteiger partial charge in [0.1, 0.15) is 0 Å². The van der Waals surface area contributed by atoms with Gasteiger partial charge in [-0.25, -0.2) is 0 Å². The van der Waals surface area contributed by atoms with E-state index in [0.29, 0.717) is 13.0 Å². The van der Waals surface area contributed by atoms with Gasteiger partial charge >= 0.3 is 0 Å². The lowest BCUT2D eigenvalue weighted by atomic mass is 9.98. The molecule has 114 valence electrons. The number of fused-ring (bicyclic) bond motifs is 1. The van der Waals surface area contributed by atoms with E-state index in [1.54, 1.807) is 0 Å². The van der Waals surface area contributed by atoms with Crippen LogP contribution in [0.25, 0.3) is 0 Å². The molecule has 1 N–H and O–H groups in total. The third kappa shape index (κ3) is 3.84. The van der Waals surface area contributed by atoms with Crippen LogP contribution in [-0.2, 0) is 22.6 Å². The predicted octanol–water partition coefficient (Wildman–Crippen LogP) is 2.97. The molecule has 1 aromatic carbocycles. The van der Waals surface area contributed by atoms with Crippen LogP contribution in [0.15, 0.2) is 18.2 Å². The van der Waals surface area contributed by atoms with Crippen molar-refractivity contribution in [3.8, 4) is 0 Å². The second-order valence-electron chi connectivity index (χ2n) is 5.95. The maximum absolute atomic E-state index is 12.1. The minimum absolute atomic E-state index is 0.0268. The highest BCUT2D eigenvalue weighted by Gasteiger charge is 2.22. The molecule has 0 radical (unpaired) electrons. The van der Waals surface area contributed by atoms with Crippen LogP contribution in [0.2, 0.25) is 0 Å². The van der Waals surface area contributed by atoms with Crippen molar-refractivity contribution in [2.45, 2.75) is 46.6 Å². The zero-order valence-electron chi connectivity index (χ0n) is 13.1. The molecular formula is C17H24N2O2. The molecule has 1 aliphatic rings. The van der Waals surface area contributed by atoms with Crippen LogP contribution in [0.1, 0.15) is 44.7 Å². The van der Waals surface area contributed by atoms with E-state index in [0.717, 1.165) is 30.6 Å². The molecule has 21 heavy (non-hydrogen) atoms. The van der Waals surface area contributed by atoms with Gasteiger partial charge < -0.3 is 10.2 Å². The van der Waals surface area contributed by atoms with E-state index in [9.17, 15) is 9.59 Å². The number of nitrogens with zero attached hydrogens (tertiary/aromatic N) is 1. The minimum atomic E-state index is 0.0268. The Hall–Kier alpha value is -1.84. The second-order valence-corrected chi connectivity index (χ2v) is 5.95. The molecule has 1 aliphatic heterocycles. The fourth-order valence-electron chi connectivity index (χ4n) is 2.64. The first-order valence-corrected chi connectivity index (χ1v) is 7.71. The first-order chi connectivity index (χ1) is 10.0. The molecule has 4 nitrogen and oxygen atoms in total. The highest BCUT2D eigenvalue weighted by Crippen LogP contribution is 2.23. The first-order valence-electron chi connectivity index (χ1n) is 7.71. The SMILES string of the molecule is CCCC(=O)Nc1ccc2c(c1)CN(C(=O)C(C)C)CC2. The molecule has 0 spiro atoms. The highest BCUT2D eigenvalue weighted by molar-refractivity contribution is 5.90. The Balaban J connectivity index is 2.11. The van der Waals surface area contributed by atoms with E-state index in [1.165, 1.54) is 5.56 Å². The van der Waals surface area contributed by atoms with E-state index < -0.39 is 0 Å². The summed E-state index contributed by atoms with van der Waals surface area (Å²) >= 11 is 0. The molecule has 0 atom stereocenters. The van der Waals surface area contributed by atoms with Crippen LogP contribution in [0.4, 0.5) is 5.69 Å². The Labute approximate surface area is 126 Å². The Morgan fingerprint density at radius 2 is 2.05 bits per heavy atom. The van der Waals surface area contributed by atoms with Crippen LogP contribution in [-0.4, -0.2) is 23.3 Å². The molecule has 0 saturated carbocycles. The summed E-state index contributed by atoms with van der Waals surface area (Å²) in [5.74, 6) is 0.267. The zero-order chi connectivity index (χ0) is 15.4. The lowest BCUT2D eigenvalue weighted by molar-refractivity contribution is -0.135. The van der Waals surface area contributed by atoms with Gasteiger partial charge in [0.25, 0.3) is 0 Å². The number of hydrogen-bond acceptors (Lipinski definition) is 2. The average molecular weight is 288 g/mol. The molecule has 2 amide bonds. The van der Waals surface area contributed by atoms with Crippen molar-refractivity contribution in [1.82, 2.24) is 4.90 Å². The van der Waals surface area contributed by atoms with Gasteiger partial charge in [-0.3, -0.25) is 9.59 Å². The van der Waals surface area contributed by atoms with Crippen LogP contribution < -0.4 is 5.32 Å². The number of benzene rings is 1.